The van der Waals surface area contributed by atoms with Gasteiger partial charge in [-0.2, -0.15) is 0 Å². The van der Waals surface area contributed by atoms with Gasteiger partial charge in [-0.05, 0) is 31.4 Å². The normalized spacial score (nSPS) is 22.1. The molecular weight excluding hydrogens is 226 g/mol. The third-order valence-electron chi connectivity index (χ3n) is 3.56. The van der Waals surface area contributed by atoms with Gasteiger partial charge >= 0.3 is 0 Å². The van der Waals surface area contributed by atoms with E-state index in [1.807, 2.05) is 13.0 Å². The molecule has 1 aliphatic carbocycles. The van der Waals surface area contributed by atoms with E-state index in [4.69, 9.17) is 0 Å². The van der Waals surface area contributed by atoms with Gasteiger partial charge in [0.25, 0.3) is 0 Å². The van der Waals surface area contributed by atoms with Crippen molar-refractivity contribution in [1.29, 1.82) is 0 Å². The van der Waals surface area contributed by atoms with Gasteiger partial charge in [-0.25, -0.2) is 4.98 Å². The summed E-state index contributed by atoms with van der Waals surface area (Å²) in [6.07, 6.45) is 3.23. The van der Waals surface area contributed by atoms with Gasteiger partial charge < -0.3 is 9.72 Å². The topological polar surface area (TPSA) is 46.4 Å². The molecule has 0 spiro atoms. The zero-order valence-corrected chi connectivity index (χ0v) is 10.7. The van der Waals surface area contributed by atoms with Crippen LogP contribution in [0.2, 0.25) is 0 Å². The van der Waals surface area contributed by atoms with Crippen molar-refractivity contribution in [2.45, 2.75) is 26.2 Å². The zero-order chi connectivity index (χ0) is 12.7. The average Bonchev–Trinajstić information content (AvgIpc) is 2.98. The van der Waals surface area contributed by atoms with Gasteiger partial charge in [0.1, 0.15) is 5.65 Å². The van der Waals surface area contributed by atoms with Gasteiger partial charge in [0.05, 0.1) is 5.69 Å². The Morgan fingerprint density at radius 3 is 3.17 bits per heavy atom. The number of imidazole rings is 1. The van der Waals surface area contributed by atoms with Crippen molar-refractivity contribution in [3.05, 3.63) is 35.8 Å². The second-order valence-electron chi connectivity index (χ2n) is 5.10. The lowest BCUT2D eigenvalue weighted by atomic mass is 10.2. The first kappa shape index (κ1) is 11.3. The number of carbonyl (C=O) groups excluding carboxylic acids is 1. The van der Waals surface area contributed by atoms with Gasteiger partial charge in [0.2, 0.25) is 5.91 Å². The second kappa shape index (κ2) is 4.12. The maximum absolute atomic E-state index is 10.9. The van der Waals surface area contributed by atoms with Crippen molar-refractivity contribution in [2.24, 2.45) is 5.92 Å². The van der Waals surface area contributed by atoms with E-state index in [0.29, 0.717) is 11.8 Å². The highest BCUT2D eigenvalue weighted by Gasteiger charge is 2.39. The minimum Gasteiger partial charge on any atom is -0.356 e. The molecule has 2 aromatic heterocycles. The molecular formula is C14H17N3O. The number of hydrogen-bond acceptors (Lipinski definition) is 2. The van der Waals surface area contributed by atoms with Crippen molar-refractivity contribution in [1.82, 2.24) is 14.7 Å². The van der Waals surface area contributed by atoms with Crippen LogP contribution in [0.3, 0.4) is 0 Å². The fourth-order valence-electron chi connectivity index (χ4n) is 2.57. The van der Waals surface area contributed by atoms with E-state index in [2.05, 4.69) is 33.0 Å². The Hall–Kier alpha value is -1.84. The highest BCUT2D eigenvalue weighted by molar-refractivity contribution is 5.72. The molecule has 1 saturated carbocycles. The maximum Gasteiger partial charge on any atom is 0.216 e. The number of aromatic nitrogens is 2. The summed E-state index contributed by atoms with van der Waals surface area (Å²) >= 11 is 0. The maximum atomic E-state index is 10.9. The molecule has 4 heteroatoms. The molecule has 2 heterocycles. The van der Waals surface area contributed by atoms with Crippen LogP contribution in [0.1, 0.15) is 30.7 Å². The molecule has 2 unspecified atom stereocenters. The Labute approximate surface area is 106 Å². The lowest BCUT2D eigenvalue weighted by molar-refractivity contribution is -0.119. The average molecular weight is 243 g/mol. The van der Waals surface area contributed by atoms with Crippen molar-refractivity contribution < 1.29 is 4.79 Å². The quantitative estimate of drug-likeness (QED) is 0.894. The van der Waals surface area contributed by atoms with Gasteiger partial charge in [0, 0.05) is 31.3 Å². The second-order valence-corrected chi connectivity index (χ2v) is 5.10. The summed E-state index contributed by atoms with van der Waals surface area (Å²) in [6, 6.07) is 6.25. The number of amides is 1. The molecule has 0 bridgehead atoms. The number of fused-ring (bicyclic) bond motifs is 1. The third-order valence-corrected chi connectivity index (χ3v) is 3.56. The molecule has 1 amide bonds. The molecule has 1 aliphatic rings. The highest BCUT2D eigenvalue weighted by Crippen LogP contribution is 2.46. The summed E-state index contributed by atoms with van der Waals surface area (Å²) in [5.74, 6) is 1.17. The number of aryl methyl sites for hydroxylation is 1. The molecule has 0 saturated heterocycles. The van der Waals surface area contributed by atoms with E-state index < -0.39 is 0 Å². The predicted octanol–water partition coefficient (Wildman–Crippen LogP) is 1.88. The highest BCUT2D eigenvalue weighted by atomic mass is 16.1. The summed E-state index contributed by atoms with van der Waals surface area (Å²) < 4.78 is 2.17. The Morgan fingerprint density at radius 2 is 2.39 bits per heavy atom. The van der Waals surface area contributed by atoms with E-state index in [-0.39, 0.29) is 5.91 Å². The predicted molar refractivity (Wildman–Crippen MR) is 69.5 cm³/mol. The molecule has 0 aromatic carbocycles. The standard InChI is InChI=1S/C14H17N3O/c1-9-8-17-13(4-3-5-14(17)16-9)12-6-11(12)7-15-10(2)18/h3-5,8,11-12H,6-7H2,1-2H3,(H,15,18). The lowest BCUT2D eigenvalue weighted by Crippen LogP contribution is -2.22. The van der Waals surface area contributed by atoms with Gasteiger partial charge in [-0.1, -0.05) is 6.07 Å². The number of pyridine rings is 1. The molecule has 2 atom stereocenters. The summed E-state index contributed by atoms with van der Waals surface area (Å²) in [5.41, 5.74) is 3.36. The monoisotopic (exact) mass is 243 g/mol. The summed E-state index contributed by atoms with van der Waals surface area (Å²) in [6.45, 7) is 4.36. The first-order chi connectivity index (χ1) is 8.65. The number of rotatable bonds is 3. The molecule has 18 heavy (non-hydrogen) atoms. The number of hydrogen-bond donors (Lipinski definition) is 1. The summed E-state index contributed by atoms with van der Waals surface area (Å²) in [5, 5.41) is 2.90. The lowest BCUT2D eigenvalue weighted by Gasteiger charge is -2.05. The van der Waals surface area contributed by atoms with Crippen molar-refractivity contribution in [3.63, 3.8) is 0 Å². The number of carbonyl (C=O) groups is 1. The zero-order valence-electron chi connectivity index (χ0n) is 10.7. The van der Waals surface area contributed by atoms with Crippen LogP contribution in [0.5, 0.6) is 0 Å². The van der Waals surface area contributed by atoms with E-state index in [0.717, 1.165) is 24.3 Å². The molecule has 4 nitrogen and oxygen atoms in total. The van der Waals surface area contributed by atoms with Crippen LogP contribution in [-0.2, 0) is 4.79 Å². The van der Waals surface area contributed by atoms with E-state index in [9.17, 15) is 4.79 Å². The Kier molecular flexibility index (Phi) is 2.58. The van der Waals surface area contributed by atoms with Crippen LogP contribution >= 0.6 is 0 Å². The fourth-order valence-corrected chi connectivity index (χ4v) is 2.57. The molecule has 1 fully saturated rings. The fraction of sp³-hybridized carbons (Fsp3) is 0.429. The smallest absolute Gasteiger partial charge is 0.216 e. The third kappa shape index (κ3) is 1.98. The van der Waals surface area contributed by atoms with Gasteiger partial charge in [0.15, 0.2) is 0 Å². The van der Waals surface area contributed by atoms with E-state index >= 15 is 0 Å². The van der Waals surface area contributed by atoms with Crippen LogP contribution in [0, 0.1) is 12.8 Å². The molecule has 2 aromatic rings. The van der Waals surface area contributed by atoms with Gasteiger partial charge in [-0.3, -0.25) is 4.79 Å². The first-order valence-corrected chi connectivity index (χ1v) is 6.34. The summed E-state index contributed by atoms with van der Waals surface area (Å²) in [7, 11) is 0. The molecule has 1 N–H and O–H groups in total. The van der Waals surface area contributed by atoms with Crippen LogP contribution in [-0.4, -0.2) is 21.8 Å². The van der Waals surface area contributed by atoms with Crippen LogP contribution in [0.4, 0.5) is 0 Å². The van der Waals surface area contributed by atoms with Crippen molar-refractivity contribution in [2.75, 3.05) is 6.54 Å². The molecule has 0 aliphatic heterocycles. The van der Waals surface area contributed by atoms with Crippen LogP contribution < -0.4 is 5.32 Å². The van der Waals surface area contributed by atoms with Gasteiger partial charge in [-0.15, -0.1) is 0 Å². The largest absolute Gasteiger partial charge is 0.356 e. The van der Waals surface area contributed by atoms with Crippen molar-refractivity contribution >= 4 is 11.6 Å². The van der Waals surface area contributed by atoms with E-state index in [1.54, 1.807) is 6.92 Å². The minimum absolute atomic E-state index is 0.0531. The van der Waals surface area contributed by atoms with Crippen molar-refractivity contribution in [3.8, 4) is 0 Å². The first-order valence-electron chi connectivity index (χ1n) is 6.34. The molecule has 0 radical (unpaired) electrons. The van der Waals surface area contributed by atoms with Crippen LogP contribution in [0.25, 0.3) is 5.65 Å². The number of nitrogens with zero attached hydrogens (tertiary/aromatic N) is 2. The molecule has 3 rings (SSSR count). The van der Waals surface area contributed by atoms with E-state index in [1.165, 1.54) is 5.69 Å². The Bertz CT molecular complexity index is 602. The SMILES string of the molecule is CC(=O)NCC1CC1c1cccc2nc(C)cn12. The minimum atomic E-state index is 0.0531. The number of nitrogens with one attached hydrogen (secondary N) is 1. The molecule has 94 valence electrons. The Balaban J connectivity index is 1.81. The van der Waals surface area contributed by atoms with Crippen LogP contribution in [0.15, 0.2) is 24.4 Å². The Morgan fingerprint density at radius 1 is 1.56 bits per heavy atom. The summed E-state index contributed by atoms with van der Waals surface area (Å²) in [4.78, 5) is 15.4.